The van der Waals surface area contributed by atoms with E-state index >= 15 is 0 Å². The van der Waals surface area contributed by atoms with Crippen LogP contribution in [0.2, 0.25) is 0 Å². The molecule has 14 heteroatoms. The molecule has 47 heavy (non-hydrogen) atoms. The van der Waals surface area contributed by atoms with Crippen LogP contribution < -0.4 is 16.0 Å². The second kappa shape index (κ2) is 16.4. The fourth-order valence-corrected chi connectivity index (χ4v) is 7.63. The van der Waals surface area contributed by atoms with E-state index in [1.54, 1.807) is 56.0 Å². The Balaban J connectivity index is 1.74. The lowest BCUT2D eigenvalue weighted by molar-refractivity contribution is -0.151. The van der Waals surface area contributed by atoms with Gasteiger partial charge in [0.15, 0.2) is 6.29 Å². The van der Waals surface area contributed by atoms with Crippen LogP contribution in [0.5, 0.6) is 0 Å². The van der Waals surface area contributed by atoms with Gasteiger partial charge in [-0.25, -0.2) is 4.79 Å². The fourth-order valence-electron chi connectivity index (χ4n) is 5.48. The highest BCUT2D eigenvalue weighted by atomic mass is 33.1. The van der Waals surface area contributed by atoms with Crippen LogP contribution in [0.25, 0.3) is 10.9 Å². The minimum Gasteiger partial charge on any atom is -0.443 e. The smallest absolute Gasteiger partial charge is 0.419 e. The summed E-state index contributed by atoms with van der Waals surface area (Å²) in [6.45, 7) is 8.99. The summed E-state index contributed by atoms with van der Waals surface area (Å²) in [5.41, 5.74) is 0.453. The van der Waals surface area contributed by atoms with Crippen molar-refractivity contribution in [3.8, 4) is 0 Å². The van der Waals surface area contributed by atoms with Crippen LogP contribution in [0.15, 0.2) is 42.6 Å². The van der Waals surface area contributed by atoms with Crippen LogP contribution in [0, 0.1) is 5.92 Å². The molecule has 1 unspecified atom stereocenters. The molecule has 4 rings (SSSR count). The fraction of sp³-hybridized carbons (Fsp3) is 0.576. The molecule has 6 atom stereocenters. The summed E-state index contributed by atoms with van der Waals surface area (Å²) >= 11 is 0. The second-order valence-corrected chi connectivity index (χ2v) is 15.8. The lowest BCUT2D eigenvalue weighted by Gasteiger charge is -2.31. The van der Waals surface area contributed by atoms with E-state index in [1.807, 2.05) is 32.1 Å². The zero-order chi connectivity index (χ0) is 34.3. The maximum absolute atomic E-state index is 14.0. The van der Waals surface area contributed by atoms with Gasteiger partial charge in [-0.1, -0.05) is 65.8 Å². The zero-order valence-electron chi connectivity index (χ0n) is 27.4. The van der Waals surface area contributed by atoms with Gasteiger partial charge in [-0.05, 0) is 44.7 Å². The van der Waals surface area contributed by atoms with Crippen molar-refractivity contribution in [2.24, 2.45) is 5.92 Å². The van der Waals surface area contributed by atoms with Crippen molar-refractivity contribution >= 4 is 56.3 Å². The van der Waals surface area contributed by atoms with Crippen LogP contribution in [0.1, 0.15) is 59.4 Å². The van der Waals surface area contributed by atoms with E-state index in [4.69, 9.17) is 9.47 Å². The van der Waals surface area contributed by atoms with E-state index in [0.29, 0.717) is 28.6 Å². The minimum atomic E-state index is -1.42. The third-order valence-electron chi connectivity index (χ3n) is 7.73. The highest BCUT2D eigenvalue weighted by Crippen LogP contribution is 2.26. The number of carbonyl (C=O) groups is 4. The molecule has 1 aromatic heterocycles. The molecule has 5 N–H and O–H groups in total. The Hall–Kier alpha value is -3.04. The van der Waals surface area contributed by atoms with Gasteiger partial charge in [0.25, 0.3) is 0 Å². The average molecular weight is 691 g/mol. The number of fused-ring (bicyclic) bond motifs is 8. The number of rotatable bonds is 3. The largest absolute Gasteiger partial charge is 0.443 e. The van der Waals surface area contributed by atoms with Crippen molar-refractivity contribution < 1.29 is 38.9 Å². The number of nitrogens with one attached hydrogen (secondary N) is 3. The lowest BCUT2D eigenvalue weighted by atomic mass is 9.95. The first kappa shape index (κ1) is 36.8. The highest BCUT2D eigenvalue weighted by molar-refractivity contribution is 8.76. The van der Waals surface area contributed by atoms with E-state index in [2.05, 4.69) is 16.0 Å². The third kappa shape index (κ3) is 10.5. The lowest BCUT2D eigenvalue weighted by Crippen LogP contribution is -2.58. The van der Waals surface area contributed by atoms with Gasteiger partial charge in [-0.15, -0.1) is 0 Å². The van der Waals surface area contributed by atoms with Gasteiger partial charge in [0.05, 0.1) is 30.2 Å². The summed E-state index contributed by atoms with van der Waals surface area (Å²) in [6.07, 6.45) is 1.44. The van der Waals surface area contributed by atoms with Crippen LogP contribution in [-0.4, -0.2) is 92.3 Å². The minimum absolute atomic E-state index is 0.00143. The van der Waals surface area contributed by atoms with E-state index in [0.717, 1.165) is 0 Å². The van der Waals surface area contributed by atoms with Crippen LogP contribution in [0.3, 0.4) is 0 Å². The predicted molar refractivity (Wildman–Crippen MR) is 183 cm³/mol. The first-order chi connectivity index (χ1) is 22.2. The normalized spacial score (nSPS) is 28.0. The first-order valence-corrected chi connectivity index (χ1v) is 18.4. The van der Waals surface area contributed by atoms with Gasteiger partial charge in [-0.2, -0.15) is 0 Å². The number of hydrogen-bond donors (Lipinski definition) is 5. The number of allylic oxidation sites excluding steroid dienone is 1. The van der Waals surface area contributed by atoms with E-state index < -0.39 is 66.0 Å². The molecule has 3 heterocycles. The van der Waals surface area contributed by atoms with Gasteiger partial charge in [0.1, 0.15) is 17.7 Å². The molecule has 0 radical (unpaired) electrons. The number of aliphatic hydroxyl groups is 2. The Labute approximate surface area is 283 Å². The Kier molecular flexibility index (Phi) is 12.8. The van der Waals surface area contributed by atoms with Crippen molar-refractivity contribution in [2.75, 3.05) is 11.5 Å². The number of benzene rings is 1. The van der Waals surface area contributed by atoms with Gasteiger partial charge in [-0.3, -0.25) is 19.0 Å². The molecule has 0 aliphatic carbocycles. The van der Waals surface area contributed by atoms with Crippen LogP contribution in [0.4, 0.5) is 4.79 Å². The first-order valence-electron chi connectivity index (χ1n) is 15.9. The third-order valence-corrected chi connectivity index (χ3v) is 10.2. The number of para-hydroxylation sites is 1. The van der Waals surface area contributed by atoms with Gasteiger partial charge in [0, 0.05) is 35.9 Å². The van der Waals surface area contributed by atoms with E-state index in [1.165, 1.54) is 15.4 Å². The number of carbonyl (C=O) groups excluding carboxylic acids is 4. The molecular weight excluding hydrogens is 645 g/mol. The summed E-state index contributed by atoms with van der Waals surface area (Å²) in [7, 11) is 2.98. The van der Waals surface area contributed by atoms with Crippen LogP contribution in [-0.2, 0) is 30.3 Å². The molecular formula is C33H46N4O8S2. The molecule has 258 valence electrons. The molecule has 2 aliphatic rings. The Morgan fingerprint density at radius 1 is 1.09 bits per heavy atom. The molecule has 2 bridgehead atoms. The molecule has 1 aromatic carbocycles. The SMILES string of the molecule is CC(C)[C@H]1NC(=O)[C@H]2CSSCC/C=C/[C@H](CC(=O)N[C@H](Cc3cn(C(=O)OC(C)(C)C)c4ccccc34)C(=O)N2)OC(O)C[C@@H]1O. The number of ether oxygens (including phenoxy) is 2. The van der Waals surface area contributed by atoms with Crippen LogP contribution >= 0.6 is 21.6 Å². The topological polar surface area (TPSA) is 168 Å². The Morgan fingerprint density at radius 3 is 2.55 bits per heavy atom. The molecule has 0 spiro atoms. The number of aromatic nitrogens is 1. The van der Waals surface area contributed by atoms with E-state index in [9.17, 15) is 29.4 Å². The maximum Gasteiger partial charge on any atom is 0.419 e. The summed E-state index contributed by atoms with van der Waals surface area (Å²) < 4.78 is 12.8. The molecule has 12 nitrogen and oxygen atoms in total. The average Bonchev–Trinajstić information content (AvgIpc) is 3.34. The standard InChI is InChI=1S/C33H46N4O8S2/c1-19(2)29-26(38)16-28(40)44-21-10-8-9-13-46-47-18-24(31(42)36-29)35-30(41)23(34-27(39)15-21)14-20-17-37(32(43)45-33(3,4)5)25-12-7-6-11-22(20)25/h6-8,10-12,17,19,21,23-24,26,28-29,38,40H,9,13-16,18H2,1-5H3,(H,34,39)(H,35,41)(H,36,42)/b10-8+/t21-,23-,24-,26+,28?,29-/m1/s1. The monoisotopic (exact) mass is 690 g/mol. The number of nitrogens with zero attached hydrogens (tertiary/aromatic N) is 1. The Bertz CT molecular complexity index is 1460. The number of aliphatic hydroxyl groups excluding tert-OH is 2. The summed E-state index contributed by atoms with van der Waals surface area (Å²) in [6, 6.07) is 4.34. The number of hydrogen-bond acceptors (Lipinski definition) is 10. The van der Waals surface area contributed by atoms with Gasteiger partial charge >= 0.3 is 6.09 Å². The summed E-state index contributed by atoms with van der Waals surface area (Å²) in [5, 5.41) is 31.0. The maximum atomic E-state index is 14.0. The van der Waals surface area contributed by atoms with Gasteiger partial charge in [0.2, 0.25) is 17.7 Å². The molecule has 2 aromatic rings. The van der Waals surface area contributed by atoms with E-state index in [-0.39, 0.29) is 30.9 Å². The zero-order valence-corrected chi connectivity index (χ0v) is 29.1. The molecule has 1 fully saturated rings. The molecule has 1 saturated heterocycles. The quantitative estimate of drug-likeness (QED) is 0.238. The molecule has 3 amide bonds. The molecule has 2 aliphatic heterocycles. The molecule has 0 saturated carbocycles. The van der Waals surface area contributed by atoms with Crippen molar-refractivity contribution in [3.05, 3.63) is 48.2 Å². The van der Waals surface area contributed by atoms with Gasteiger partial charge < -0.3 is 35.6 Å². The number of amides is 3. The van der Waals surface area contributed by atoms with Crippen molar-refractivity contribution in [2.45, 2.75) is 103 Å². The second-order valence-electron chi connectivity index (χ2n) is 13.1. The summed E-state index contributed by atoms with van der Waals surface area (Å²) in [4.78, 5) is 54.3. The highest BCUT2D eigenvalue weighted by Gasteiger charge is 2.34. The van der Waals surface area contributed by atoms with Crippen molar-refractivity contribution in [3.63, 3.8) is 0 Å². The summed E-state index contributed by atoms with van der Waals surface area (Å²) in [5.74, 6) is -0.854. The predicted octanol–water partition coefficient (Wildman–Crippen LogP) is 3.28. The van der Waals surface area contributed by atoms with Crippen molar-refractivity contribution in [1.29, 1.82) is 0 Å². The van der Waals surface area contributed by atoms with Crippen molar-refractivity contribution in [1.82, 2.24) is 20.5 Å². The Morgan fingerprint density at radius 2 is 1.83 bits per heavy atom.